The van der Waals surface area contributed by atoms with Crippen LogP contribution in [0.25, 0.3) is 5.57 Å². The summed E-state index contributed by atoms with van der Waals surface area (Å²) in [6, 6.07) is 7.71. The normalized spacial score (nSPS) is 23.2. The van der Waals surface area contributed by atoms with Crippen LogP contribution in [0.2, 0.25) is 0 Å². The van der Waals surface area contributed by atoms with Gasteiger partial charge in [-0.2, -0.15) is 4.68 Å². The number of likely N-dealkylation sites (N-methyl/N-ethyl adjacent to an activating group) is 2. The lowest BCUT2D eigenvalue weighted by Gasteiger charge is -2.29. The number of aromatic nitrogens is 1. The van der Waals surface area contributed by atoms with E-state index in [1.165, 1.54) is 16.0 Å². The molecule has 1 aromatic heterocycles. The molecule has 10 heteroatoms. The molecule has 0 saturated carbocycles. The van der Waals surface area contributed by atoms with Gasteiger partial charge in [0.1, 0.15) is 4.53 Å². The number of carbonyl (C=O) groups excluding carboxylic acids is 1. The fourth-order valence-corrected chi connectivity index (χ4v) is 6.20. The van der Waals surface area contributed by atoms with Gasteiger partial charge in [-0.3, -0.25) is 15.0 Å². The molecule has 168 valence electrons. The lowest BCUT2D eigenvalue weighted by Crippen LogP contribution is -2.55. The Morgan fingerprint density at radius 1 is 1.12 bits per heavy atom. The summed E-state index contributed by atoms with van der Waals surface area (Å²) in [5.74, 6) is -0.109. The summed E-state index contributed by atoms with van der Waals surface area (Å²) in [4.78, 5) is 38.3. The first-order chi connectivity index (χ1) is 15.5. The van der Waals surface area contributed by atoms with Crippen molar-refractivity contribution in [2.45, 2.75) is 45.9 Å². The second kappa shape index (κ2) is 8.00. The van der Waals surface area contributed by atoms with Crippen molar-refractivity contribution in [3.05, 3.63) is 49.5 Å². The van der Waals surface area contributed by atoms with Crippen molar-refractivity contribution in [1.29, 1.82) is 0 Å². The van der Waals surface area contributed by atoms with E-state index in [9.17, 15) is 9.59 Å². The Labute approximate surface area is 195 Å². The molecule has 2 atom stereocenters. The maximum atomic E-state index is 13.5. The molecule has 3 aliphatic rings. The minimum Gasteiger partial charge on any atom is -0.324 e. The summed E-state index contributed by atoms with van der Waals surface area (Å²) in [6.07, 6.45) is 1.49. The lowest BCUT2D eigenvalue weighted by molar-refractivity contribution is -0.113. The van der Waals surface area contributed by atoms with Gasteiger partial charge in [0.25, 0.3) is 11.5 Å². The van der Waals surface area contributed by atoms with Gasteiger partial charge in [0, 0.05) is 25.2 Å². The smallest absolute Gasteiger partial charge is 0.289 e. The number of carbonyl (C=O) groups is 1. The third kappa shape index (κ3) is 2.92. The summed E-state index contributed by atoms with van der Waals surface area (Å²) in [5.41, 5.74) is 5.26. The topological polar surface area (TPSA) is 73.2 Å². The molecule has 0 bridgehead atoms. The molecular weight excluding hydrogens is 444 g/mol. The third-order valence-corrected chi connectivity index (χ3v) is 7.80. The van der Waals surface area contributed by atoms with E-state index in [1.54, 1.807) is 4.90 Å². The van der Waals surface area contributed by atoms with E-state index in [0.717, 1.165) is 42.3 Å². The zero-order valence-corrected chi connectivity index (χ0v) is 20.0. The summed E-state index contributed by atoms with van der Waals surface area (Å²) >= 11 is 6.90. The predicted molar refractivity (Wildman–Crippen MR) is 130 cm³/mol. The van der Waals surface area contributed by atoms with Crippen molar-refractivity contribution in [3.8, 4) is 0 Å². The van der Waals surface area contributed by atoms with Gasteiger partial charge in [-0.1, -0.05) is 42.9 Å². The van der Waals surface area contributed by atoms with Crippen LogP contribution in [0.3, 0.4) is 0 Å². The van der Waals surface area contributed by atoms with E-state index in [1.807, 2.05) is 31.2 Å². The van der Waals surface area contributed by atoms with Crippen LogP contribution in [0.5, 0.6) is 0 Å². The van der Waals surface area contributed by atoms with Crippen molar-refractivity contribution in [3.63, 3.8) is 0 Å². The maximum Gasteiger partial charge on any atom is 0.289 e. The van der Waals surface area contributed by atoms with E-state index in [4.69, 9.17) is 17.2 Å². The molecule has 1 N–H and O–H groups in total. The zero-order valence-electron chi connectivity index (χ0n) is 18.4. The molecule has 5 rings (SSSR count). The maximum absolute atomic E-state index is 13.5. The summed E-state index contributed by atoms with van der Waals surface area (Å²) < 4.78 is 1.92. The van der Waals surface area contributed by atoms with E-state index >= 15 is 0 Å². The molecule has 0 aliphatic carbocycles. The fraction of sp³-hybridized carbons (Fsp3) is 0.455. The van der Waals surface area contributed by atoms with Crippen LogP contribution < -0.4 is 25.2 Å². The van der Waals surface area contributed by atoms with Gasteiger partial charge in [-0.15, -0.1) is 0 Å². The predicted octanol–water partition coefficient (Wildman–Crippen LogP) is 1.03. The van der Waals surface area contributed by atoms with Gasteiger partial charge in [0.2, 0.25) is 4.80 Å². The minimum absolute atomic E-state index is 0.109. The van der Waals surface area contributed by atoms with Crippen LogP contribution in [0.1, 0.15) is 39.2 Å². The first kappa shape index (κ1) is 21.1. The standard InChI is InChI=1S/C22H26N6O2S2/c1-4-7-12-27-14-11-9-8-10-13(14)15(19(27)29)16-20(30)28-21(32-16)23-17-18(24-28)26(6-3)22(31)25(17)5-2/h8-11,17-18,24H,4-7,12H2,1-3H3/b16-15-. The van der Waals surface area contributed by atoms with Gasteiger partial charge in [0.05, 0.1) is 11.3 Å². The average Bonchev–Trinajstić information content (AvgIpc) is 3.36. The number of benzene rings is 1. The largest absolute Gasteiger partial charge is 0.324 e. The van der Waals surface area contributed by atoms with Gasteiger partial charge >= 0.3 is 0 Å². The van der Waals surface area contributed by atoms with E-state index in [-0.39, 0.29) is 23.8 Å². The molecule has 1 saturated heterocycles. The number of hydrogen-bond donors (Lipinski definition) is 1. The highest BCUT2D eigenvalue weighted by molar-refractivity contribution is 7.80. The molecule has 1 fully saturated rings. The Balaban J connectivity index is 1.68. The molecule has 4 heterocycles. The van der Waals surface area contributed by atoms with Crippen LogP contribution in [0.15, 0.2) is 34.1 Å². The van der Waals surface area contributed by atoms with Gasteiger partial charge in [-0.25, -0.2) is 4.99 Å². The molecule has 0 spiro atoms. The summed E-state index contributed by atoms with van der Waals surface area (Å²) in [5, 5.41) is 0.741. The van der Waals surface area contributed by atoms with Crippen molar-refractivity contribution in [2.75, 3.05) is 30.0 Å². The minimum atomic E-state index is -0.236. The first-order valence-electron chi connectivity index (χ1n) is 11.1. The Bertz CT molecular complexity index is 1280. The van der Waals surface area contributed by atoms with Gasteiger partial charge in [0.15, 0.2) is 17.4 Å². The number of thiazole rings is 1. The molecular formula is C22H26N6O2S2. The summed E-state index contributed by atoms with van der Waals surface area (Å²) in [7, 11) is 0. The molecule has 2 unspecified atom stereocenters. The molecule has 0 radical (unpaired) electrons. The number of rotatable bonds is 5. The second-order valence-electron chi connectivity index (χ2n) is 8.03. The van der Waals surface area contributed by atoms with Crippen LogP contribution in [-0.4, -0.2) is 57.5 Å². The Morgan fingerprint density at radius 3 is 2.59 bits per heavy atom. The number of unbranched alkanes of at least 4 members (excludes halogenated alkanes) is 1. The molecule has 1 aromatic carbocycles. The summed E-state index contributed by atoms with van der Waals surface area (Å²) in [6.45, 7) is 8.29. The molecule has 2 aromatic rings. The number of nitrogens with zero attached hydrogens (tertiary/aromatic N) is 5. The Morgan fingerprint density at radius 2 is 1.88 bits per heavy atom. The SMILES string of the molecule is CCCCN1C(=O)/C(=c2\sc3n(c2=O)NC2C(N=3)N(CC)C(=S)N2CC)c2ccccc21. The highest BCUT2D eigenvalue weighted by atomic mass is 32.1. The molecule has 3 aliphatic heterocycles. The number of para-hydroxylation sites is 1. The first-order valence-corrected chi connectivity index (χ1v) is 12.3. The lowest BCUT2D eigenvalue weighted by atomic mass is 10.1. The number of anilines is 1. The van der Waals surface area contributed by atoms with Crippen LogP contribution in [0.4, 0.5) is 5.69 Å². The van der Waals surface area contributed by atoms with Crippen molar-refractivity contribution >= 4 is 45.8 Å². The number of thiocarbonyl (C=S) groups is 1. The number of amides is 1. The van der Waals surface area contributed by atoms with Crippen LogP contribution in [0, 0.1) is 0 Å². The fourth-order valence-electron chi connectivity index (χ4n) is 4.67. The van der Waals surface area contributed by atoms with Crippen LogP contribution >= 0.6 is 23.6 Å². The van der Waals surface area contributed by atoms with Crippen LogP contribution in [-0.2, 0) is 4.79 Å². The van der Waals surface area contributed by atoms with E-state index in [2.05, 4.69) is 29.1 Å². The van der Waals surface area contributed by atoms with E-state index < -0.39 is 0 Å². The Kier molecular flexibility index (Phi) is 5.29. The zero-order chi connectivity index (χ0) is 22.6. The van der Waals surface area contributed by atoms with Crippen molar-refractivity contribution in [2.24, 2.45) is 4.99 Å². The third-order valence-electron chi connectivity index (χ3n) is 6.28. The number of nitrogens with one attached hydrogen (secondary N) is 1. The van der Waals surface area contributed by atoms with Gasteiger partial charge in [-0.05, 0) is 38.6 Å². The average molecular weight is 471 g/mol. The monoisotopic (exact) mass is 470 g/mol. The number of fused-ring (bicyclic) bond motifs is 3. The molecule has 1 amide bonds. The quantitative estimate of drug-likeness (QED) is 0.658. The number of hydrogen-bond acceptors (Lipinski definition) is 6. The highest BCUT2D eigenvalue weighted by Crippen LogP contribution is 2.35. The van der Waals surface area contributed by atoms with Crippen molar-refractivity contribution in [1.82, 2.24) is 14.5 Å². The van der Waals surface area contributed by atoms with E-state index in [0.29, 0.717) is 21.5 Å². The highest BCUT2D eigenvalue weighted by Gasteiger charge is 2.44. The second-order valence-corrected chi connectivity index (χ2v) is 9.37. The molecule has 32 heavy (non-hydrogen) atoms. The van der Waals surface area contributed by atoms with Gasteiger partial charge < -0.3 is 14.7 Å². The van der Waals surface area contributed by atoms with Crippen molar-refractivity contribution < 1.29 is 4.79 Å². The Hall–Kier alpha value is -2.72. The molecule has 8 nitrogen and oxygen atoms in total.